The maximum absolute atomic E-state index is 6.35. The molecule has 7 heteroatoms. The van der Waals surface area contributed by atoms with E-state index < -0.39 is 0 Å². The normalized spacial score (nSPS) is 10.6. The highest BCUT2D eigenvalue weighted by atomic mass is 35.5. The minimum absolute atomic E-state index is 0.642. The number of aromatic nitrogens is 2. The molecule has 0 fully saturated rings. The van der Waals surface area contributed by atoms with Crippen molar-refractivity contribution in [3.63, 3.8) is 0 Å². The van der Waals surface area contributed by atoms with Gasteiger partial charge in [0.25, 0.3) is 0 Å². The van der Waals surface area contributed by atoms with Gasteiger partial charge in [-0.3, -0.25) is 0 Å². The molecule has 0 amide bonds. The molecule has 1 N–H and O–H groups in total. The van der Waals surface area contributed by atoms with Crippen molar-refractivity contribution in [3.05, 3.63) is 82.9 Å². The smallest absolute Gasteiger partial charge is 0.173 e. The third-order valence-corrected chi connectivity index (χ3v) is 5.09. The first-order valence-electron chi connectivity index (χ1n) is 8.62. The number of hydrogen-bond donors (Lipinski definition) is 1. The lowest BCUT2D eigenvalue weighted by Gasteiger charge is -2.26. The minimum Gasteiger partial charge on any atom is -0.345 e. The van der Waals surface area contributed by atoms with Gasteiger partial charge in [0.05, 0.1) is 6.33 Å². The van der Waals surface area contributed by atoms with Crippen LogP contribution in [0.3, 0.4) is 0 Å². The van der Waals surface area contributed by atoms with Gasteiger partial charge in [-0.25, -0.2) is 4.98 Å². The Morgan fingerprint density at radius 2 is 1.89 bits per heavy atom. The lowest BCUT2D eigenvalue weighted by atomic mass is 10.2. The van der Waals surface area contributed by atoms with Crippen LogP contribution in [0, 0.1) is 0 Å². The highest BCUT2D eigenvalue weighted by Gasteiger charge is 2.12. The minimum atomic E-state index is 0.642. The average Bonchev–Trinajstić information content (AvgIpc) is 3.18. The molecule has 0 aliphatic heterocycles. The number of benzene rings is 2. The van der Waals surface area contributed by atoms with Crippen LogP contribution in [0.2, 0.25) is 10.0 Å². The molecule has 1 aromatic heterocycles. The summed E-state index contributed by atoms with van der Waals surface area (Å²) in [6, 6.07) is 15.3. The number of nitrogens with zero attached hydrogens (tertiary/aromatic N) is 3. The lowest BCUT2D eigenvalue weighted by molar-refractivity contribution is 0.396. The number of anilines is 1. The molecule has 0 aliphatic rings. The first-order valence-corrected chi connectivity index (χ1v) is 9.79. The van der Waals surface area contributed by atoms with Gasteiger partial charge in [-0.05, 0) is 54.5 Å². The molecule has 0 radical (unpaired) electrons. The molecule has 27 heavy (non-hydrogen) atoms. The molecule has 1 heterocycles. The van der Waals surface area contributed by atoms with Gasteiger partial charge in [0.2, 0.25) is 0 Å². The van der Waals surface area contributed by atoms with Gasteiger partial charge < -0.3 is 14.8 Å². The Labute approximate surface area is 174 Å². The van der Waals surface area contributed by atoms with Crippen LogP contribution < -0.4 is 5.32 Å². The summed E-state index contributed by atoms with van der Waals surface area (Å²) >= 11 is 18.0. The Hall–Kier alpha value is -2.08. The highest BCUT2D eigenvalue weighted by molar-refractivity contribution is 7.80. The first kappa shape index (κ1) is 19.7. The Bertz CT molecular complexity index is 866. The second-order valence-corrected chi connectivity index (χ2v) is 7.33. The summed E-state index contributed by atoms with van der Waals surface area (Å²) in [6.45, 7) is 2.31. The molecule has 0 saturated carbocycles. The molecule has 4 nitrogen and oxygen atoms in total. The monoisotopic (exact) mass is 418 g/mol. The molecule has 3 aromatic rings. The van der Waals surface area contributed by atoms with Gasteiger partial charge in [0.1, 0.15) is 0 Å². The second kappa shape index (κ2) is 9.74. The Balaban J connectivity index is 1.68. The fraction of sp³-hybridized carbons (Fsp3) is 0.200. The van der Waals surface area contributed by atoms with Crippen molar-refractivity contribution in [2.45, 2.75) is 19.5 Å². The number of aryl methyl sites for hydroxylation is 1. The van der Waals surface area contributed by atoms with Crippen molar-refractivity contribution in [1.82, 2.24) is 14.5 Å². The predicted molar refractivity (Wildman–Crippen MR) is 116 cm³/mol. The fourth-order valence-electron chi connectivity index (χ4n) is 2.68. The van der Waals surface area contributed by atoms with Crippen LogP contribution in [0.15, 0.2) is 67.3 Å². The first-order chi connectivity index (χ1) is 13.1. The summed E-state index contributed by atoms with van der Waals surface area (Å²) in [5.74, 6) is 0. The van der Waals surface area contributed by atoms with Crippen molar-refractivity contribution in [2.24, 2.45) is 0 Å². The summed E-state index contributed by atoms with van der Waals surface area (Å²) in [5, 5.41) is 5.38. The van der Waals surface area contributed by atoms with Gasteiger partial charge in [-0.1, -0.05) is 41.4 Å². The zero-order valence-corrected chi connectivity index (χ0v) is 17.0. The molecule has 0 atom stereocenters. The standard InChI is InChI=1S/C20H20Cl2N4S/c21-17-6-8-18(9-7-17)24-20(27)26(12-3-11-25-13-10-23-15-25)14-16-4-1-2-5-19(16)22/h1-2,4-10,13,15H,3,11-12,14H2,(H,24,27). The number of rotatable bonds is 7. The molecule has 0 bridgehead atoms. The van der Waals surface area contributed by atoms with Gasteiger partial charge in [-0.15, -0.1) is 0 Å². The van der Waals surface area contributed by atoms with Gasteiger partial charge in [-0.2, -0.15) is 0 Å². The van der Waals surface area contributed by atoms with Crippen molar-refractivity contribution >= 4 is 46.2 Å². The van der Waals surface area contributed by atoms with Crippen LogP contribution in [0.1, 0.15) is 12.0 Å². The number of nitrogens with one attached hydrogen (secondary N) is 1. The van der Waals surface area contributed by atoms with E-state index in [0.29, 0.717) is 16.7 Å². The van der Waals surface area contributed by atoms with Gasteiger partial charge >= 0.3 is 0 Å². The van der Waals surface area contributed by atoms with Crippen LogP contribution in [-0.2, 0) is 13.1 Å². The van der Waals surface area contributed by atoms with Crippen molar-refractivity contribution < 1.29 is 0 Å². The summed E-state index contributed by atoms with van der Waals surface area (Å²) in [6.07, 6.45) is 6.50. The summed E-state index contributed by atoms with van der Waals surface area (Å²) in [4.78, 5) is 6.21. The molecule has 0 aliphatic carbocycles. The number of halogens is 2. The van der Waals surface area contributed by atoms with Crippen LogP contribution in [0.5, 0.6) is 0 Å². The summed E-state index contributed by atoms with van der Waals surface area (Å²) < 4.78 is 2.06. The number of hydrogen-bond acceptors (Lipinski definition) is 2. The van der Waals surface area contributed by atoms with E-state index >= 15 is 0 Å². The Kier molecular flexibility index (Phi) is 7.10. The zero-order valence-electron chi connectivity index (χ0n) is 14.7. The molecular weight excluding hydrogens is 399 g/mol. The van der Waals surface area contributed by atoms with Crippen LogP contribution in [-0.4, -0.2) is 26.1 Å². The van der Waals surface area contributed by atoms with Crippen molar-refractivity contribution in [1.29, 1.82) is 0 Å². The number of thiocarbonyl (C=S) groups is 1. The number of imidazole rings is 1. The summed E-state index contributed by atoms with van der Waals surface area (Å²) in [7, 11) is 0. The van der Waals surface area contributed by atoms with Gasteiger partial charge in [0.15, 0.2) is 5.11 Å². The van der Waals surface area contributed by atoms with E-state index in [4.69, 9.17) is 35.4 Å². The lowest BCUT2D eigenvalue weighted by Crippen LogP contribution is -2.35. The van der Waals surface area contributed by atoms with E-state index in [1.807, 2.05) is 61.1 Å². The van der Waals surface area contributed by atoms with Crippen LogP contribution in [0.4, 0.5) is 5.69 Å². The topological polar surface area (TPSA) is 33.1 Å². The third-order valence-electron chi connectivity index (χ3n) is 4.11. The maximum atomic E-state index is 6.35. The van der Waals surface area contributed by atoms with E-state index in [2.05, 4.69) is 19.8 Å². The highest BCUT2D eigenvalue weighted by Crippen LogP contribution is 2.19. The van der Waals surface area contributed by atoms with Crippen LogP contribution >= 0.6 is 35.4 Å². The molecule has 0 saturated heterocycles. The zero-order chi connectivity index (χ0) is 19.1. The quantitative estimate of drug-likeness (QED) is 0.514. The van der Waals surface area contributed by atoms with E-state index in [0.717, 1.165) is 35.8 Å². The third kappa shape index (κ3) is 5.96. The molecule has 0 spiro atoms. The van der Waals surface area contributed by atoms with Crippen molar-refractivity contribution in [2.75, 3.05) is 11.9 Å². The molecule has 3 rings (SSSR count). The SMILES string of the molecule is S=C(Nc1ccc(Cl)cc1)N(CCCn1ccnc1)Cc1ccccc1Cl. The van der Waals surface area contributed by atoms with E-state index in [1.165, 1.54) is 0 Å². The molecule has 0 unspecified atom stereocenters. The molecule has 140 valence electrons. The fourth-order valence-corrected chi connectivity index (χ4v) is 3.28. The van der Waals surface area contributed by atoms with E-state index in [9.17, 15) is 0 Å². The predicted octanol–water partition coefficient (Wildman–Crippen LogP) is 5.48. The van der Waals surface area contributed by atoms with Crippen LogP contribution in [0.25, 0.3) is 0 Å². The van der Waals surface area contributed by atoms with E-state index in [-0.39, 0.29) is 0 Å². The largest absolute Gasteiger partial charge is 0.345 e. The summed E-state index contributed by atoms with van der Waals surface area (Å²) in [5.41, 5.74) is 1.95. The second-order valence-electron chi connectivity index (χ2n) is 6.10. The average molecular weight is 419 g/mol. The Morgan fingerprint density at radius 1 is 1.11 bits per heavy atom. The Morgan fingerprint density at radius 3 is 2.59 bits per heavy atom. The van der Waals surface area contributed by atoms with Crippen molar-refractivity contribution in [3.8, 4) is 0 Å². The maximum Gasteiger partial charge on any atom is 0.173 e. The van der Waals surface area contributed by atoms with E-state index in [1.54, 1.807) is 6.20 Å². The molecule has 2 aromatic carbocycles. The molecular formula is C20H20Cl2N4S. The van der Waals surface area contributed by atoms with Gasteiger partial charge in [0, 0.05) is 47.8 Å².